The smallest absolute Gasteiger partial charge is 0.265 e. The van der Waals surface area contributed by atoms with Crippen LogP contribution >= 0.6 is 11.6 Å². The molecule has 0 aliphatic rings. The number of carbonyl (C=O) groups is 1. The normalized spacial score (nSPS) is 11.6. The molecule has 116 valence electrons. The van der Waals surface area contributed by atoms with E-state index in [1.807, 2.05) is 19.1 Å². The Hall–Kier alpha value is -2.20. The number of rotatable bonds is 6. The average Bonchev–Trinajstić information content (AvgIpc) is 2.50. The van der Waals surface area contributed by atoms with Crippen molar-refractivity contribution in [3.63, 3.8) is 0 Å². The van der Waals surface area contributed by atoms with E-state index in [1.165, 1.54) is 0 Å². The van der Waals surface area contributed by atoms with Crippen LogP contribution in [0, 0.1) is 0 Å². The first-order valence-electron chi connectivity index (χ1n) is 7.04. The number of ether oxygens (including phenoxy) is 2. The predicted octanol–water partition coefficient (Wildman–Crippen LogP) is 4.14. The highest BCUT2D eigenvalue weighted by Gasteiger charge is 2.15. The van der Waals surface area contributed by atoms with E-state index >= 15 is 0 Å². The summed E-state index contributed by atoms with van der Waals surface area (Å²) in [7, 11) is 0. The molecule has 0 spiro atoms. The quantitative estimate of drug-likeness (QED) is 0.870. The molecule has 1 N–H and O–H groups in total. The molecule has 0 bridgehead atoms. The van der Waals surface area contributed by atoms with Gasteiger partial charge in [-0.15, -0.1) is 0 Å². The van der Waals surface area contributed by atoms with Gasteiger partial charge in [0.15, 0.2) is 6.10 Å². The third-order valence-electron chi connectivity index (χ3n) is 2.91. The molecule has 22 heavy (non-hydrogen) atoms. The number of anilines is 1. The molecule has 0 heterocycles. The molecular formula is C17H18ClNO3. The van der Waals surface area contributed by atoms with E-state index in [0.29, 0.717) is 28.8 Å². The molecule has 0 saturated carbocycles. The van der Waals surface area contributed by atoms with E-state index in [9.17, 15) is 4.79 Å². The van der Waals surface area contributed by atoms with E-state index < -0.39 is 6.10 Å². The van der Waals surface area contributed by atoms with Crippen molar-refractivity contribution in [2.75, 3.05) is 11.9 Å². The van der Waals surface area contributed by atoms with E-state index in [4.69, 9.17) is 21.1 Å². The maximum atomic E-state index is 12.1. The van der Waals surface area contributed by atoms with Crippen molar-refractivity contribution in [3.05, 3.63) is 53.6 Å². The zero-order chi connectivity index (χ0) is 15.9. The maximum Gasteiger partial charge on any atom is 0.265 e. The molecule has 0 fully saturated rings. The highest BCUT2D eigenvalue weighted by atomic mass is 35.5. The molecule has 1 atom stereocenters. The van der Waals surface area contributed by atoms with E-state index in [2.05, 4.69) is 5.32 Å². The van der Waals surface area contributed by atoms with Crippen LogP contribution in [0.3, 0.4) is 0 Å². The Morgan fingerprint density at radius 2 is 1.91 bits per heavy atom. The molecule has 5 heteroatoms. The van der Waals surface area contributed by atoms with Crippen LogP contribution in [0.15, 0.2) is 48.5 Å². The molecule has 0 aromatic heterocycles. The van der Waals surface area contributed by atoms with E-state index in [1.54, 1.807) is 43.3 Å². The molecule has 1 unspecified atom stereocenters. The fraction of sp³-hybridized carbons (Fsp3) is 0.235. The van der Waals surface area contributed by atoms with Gasteiger partial charge in [-0.2, -0.15) is 0 Å². The van der Waals surface area contributed by atoms with Crippen molar-refractivity contribution in [1.82, 2.24) is 0 Å². The standard InChI is InChI=1S/C17H18ClNO3/c1-3-21-16-6-4-5-14(11-16)19-17(20)12(2)22-15-9-7-13(18)8-10-15/h4-12H,3H2,1-2H3,(H,19,20). The Bertz CT molecular complexity index is 628. The van der Waals surface area contributed by atoms with Crippen LogP contribution in [-0.4, -0.2) is 18.6 Å². The Kier molecular flexibility index (Phi) is 5.67. The Morgan fingerprint density at radius 1 is 1.18 bits per heavy atom. The van der Waals surface area contributed by atoms with E-state index in [0.717, 1.165) is 0 Å². The van der Waals surface area contributed by atoms with Crippen LogP contribution < -0.4 is 14.8 Å². The number of benzene rings is 2. The number of hydrogen-bond donors (Lipinski definition) is 1. The Balaban J connectivity index is 1.96. The van der Waals surface area contributed by atoms with Crippen molar-refractivity contribution in [3.8, 4) is 11.5 Å². The lowest BCUT2D eigenvalue weighted by Crippen LogP contribution is -2.30. The number of carbonyl (C=O) groups excluding carboxylic acids is 1. The van der Waals surface area contributed by atoms with Gasteiger partial charge in [-0.3, -0.25) is 4.79 Å². The molecule has 2 aromatic rings. The molecule has 1 amide bonds. The van der Waals surface area contributed by atoms with Gasteiger partial charge in [0, 0.05) is 16.8 Å². The van der Waals surface area contributed by atoms with Crippen LogP contribution in [0.1, 0.15) is 13.8 Å². The summed E-state index contributed by atoms with van der Waals surface area (Å²) in [6, 6.07) is 14.1. The van der Waals surface area contributed by atoms with Crippen LogP contribution in [0.4, 0.5) is 5.69 Å². The highest BCUT2D eigenvalue weighted by Crippen LogP contribution is 2.19. The third-order valence-corrected chi connectivity index (χ3v) is 3.16. The molecular weight excluding hydrogens is 302 g/mol. The molecule has 4 nitrogen and oxygen atoms in total. The van der Waals surface area contributed by atoms with Gasteiger partial charge in [-0.25, -0.2) is 0 Å². The van der Waals surface area contributed by atoms with Gasteiger partial charge in [0.05, 0.1) is 6.61 Å². The Morgan fingerprint density at radius 3 is 2.59 bits per heavy atom. The highest BCUT2D eigenvalue weighted by molar-refractivity contribution is 6.30. The first-order chi connectivity index (χ1) is 10.6. The number of amides is 1. The fourth-order valence-electron chi connectivity index (χ4n) is 1.85. The second-order valence-electron chi connectivity index (χ2n) is 4.66. The first kappa shape index (κ1) is 16.2. The maximum absolute atomic E-state index is 12.1. The van der Waals surface area contributed by atoms with Crippen molar-refractivity contribution < 1.29 is 14.3 Å². The van der Waals surface area contributed by atoms with Crippen molar-refractivity contribution in [2.45, 2.75) is 20.0 Å². The van der Waals surface area contributed by atoms with Gasteiger partial charge in [-0.05, 0) is 50.2 Å². The number of hydrogen-bond acceptors (Lipinski definition) is 3. The lowest BCUT2D eigenvalue weighted by atomic mass is 10.2. The number of nitrogens with one attached hydrogen (secondary N) is 1. The SMILES string of the molecule is CCOc1cccc(NC(=O)C(C)Oc2ccc(Cl)cc2)c1. The van der Waals surface area contributed by atoms with Crippen molar-refractivity contribution in [2.24, 2.45) is 0 Å². The molecule has 0 aliphatic heterocycles. The fourth-order valence-corrected chi connectivity index (χ4v) is 1.97. The average molecular weight is 320 g/mol. The lowest BCUT2D eigenvalue weighted by Gasteiger charge is -2.15. The van der Waals surface area contributed by atoms with Crippen LogP contribution in [0.25, 0.3) is 0 Å². The molecule has 0 saturated heterocycles. The van der Waals surface area contributed by atoms with Gasteiger partial charge in [0.25, 0.3) is 5.91 Å². The summed E-state index contributed by atoms with van der Waals surface area (Å²) in [5, 5.41) is 3.42. The molecule has 2 rings (SSSR count). The van der Waals surface area contributed by atoms with Crippen LogP contribution in [-0.2, 0) is 4.79 Å². The summed E-state index contributed by atoms with van der Waals surface area (Å²) in [6.45, 7) is 4.18. The van der Waals surface area contributed by atoms with Gasteiger partial charge in [-0.1, -0.05) is 17.7 Å². The minimum Gasteiger partial charge on any atom is -0.494 e. The van der Waals surface area contributed by atoms with Gasteiger partial charge >= 0.3 is 0 Å². The topological polar surface area (TPSA) is 47.6 Å². The zero-order valence-electron chi connectivity index (χ0n) is 12.5. The number of halogens is 1. The zero-order valence-corrected chi connectivity index (χ0v) is 13.3. The minimum atomic E-state index is -0.628. The monoisotopic (exact) mass is 319 g/mol. The van der Waals surface area contributed by atoms with Crippen LogP contribution in [0.5, 0.6) is 11.5 Å². The summed E-state index contributed by atoms with van der Waals surface area (Å²) in [6.07, 6.45) is -0.628. The van der Waals surface area contributed by atoms with Crippen LogP contribution in [0.2, 0.25) is 5.02 Å². The first-order valence-corrected chi connectivity index (χ1v) is 7.42. The summed E-state index contributed by atoms with van der Waals surface area (Å²) in [4.78, 5) is 12.1. The minimum absolute atomic E-state index is 0.233. The van der Waals surface area contributed by atoms with Crippen molar-refractivity contribution in [1.29, 1.82) is 0 Å². The van der Waals surface area contributed by atoms with Gasteiger partial charge in [0.2, 0.25) is 0 Å². The largest absolute Gasteiger partial charge is 0.494 e. The van der Waals surface area contributed by atoms with E-state index in [-0.39, 0.29) is 5.91 Å². The summed E-state index contributed by atoms with van der Waals surface area (Å²) >= 11 is 5.81. The predicted molar refractivity (Wildman–Crippen MR) is 87.8 cm³/mol. The summed E-state index contributed by atoms with van der Waals surface area (Å²) < 4.78 is 11.0. The van der Waals surface area contributed by atoms with Gasteiger partial charge in [0.1, 0.15) is 11.5 Å². The van der Waals surface area contributed by atoms with Crippen molar-refractivity contribution >= 4 is 23.2 Å². The summed E-state index contributed by atoms with van der Waals surface area (Å²) in [5.41, 5.74) is 0.669. The summed E-state index contributed by atoms with van der Waals surface area (Å²) in [5.74, 6) is 1.07. The molecule has 2 aromatic carbocycles. The third kappa shape index (κ3) is 4.67. The molecule has 0 radical (unpaired) electrons. The molecule has 0 aliphatic carbocycles. The second-order valence-corrected chi connectivity index (χ2v) is 5.10. The second kappa shape index (κ2) is 7.71. The van der Waals surface area contributed by atoms with Gasteiger partial charge < -0.3 is 14.8 Å². The lowest BCUT2D eigenvalue weighted by molar-refractivity contribution is -0.122. The Labute approximate surface area is 135 Å².